The highest BCUT2D eigenvalue weighted by Crippen LogP contribution is 2.29. The van der Waals surface area contributed by atoms with Crippen LogP contribution in [0.1, 0.15) is 30.9 Å². The van der Waals surface area contributed by atoms with Crippen LogP contribution < -0.4 is 5.73 Å². The minimum atomic E-state index is -4.31. The Labute approximate surface area is 98.4 Å². The van der Waals surface area contributed by atoms with E-state index in [1.165, 1.54) is 6.07 Å². The molecule has 5 heteroatoms. The predicted octanol–water partition coefficient (Wildman–Crippen LogP) is 3.36. The van der Waals surface area contributed by atoms with Gasteiger partial charge in [-0.05, 0) is 24.1 Å². The highest BCUT2D eigenvalue weighted by molar-refractivity contribution is 5.80. The third-order valence-electron chi connectivity index (χ3n) is 2.23. The number of hydrogen-bond acceptors (Lipinski definition) is 1. The largest absolute Gasteiger partial charge is 0.416 e. The lowest BCUT2D eigenvalue weighted by molar-refractivity contribution is -0.137. The molecule has 0 fully saturated rings. The van der Waals surface area contributed by atoms with Gasteiger partial charge in [-0.25, -0.2) is 0 Å². The number of aliphatic imine (C=N–C) groups is 1. The van der Waals surface area contributed by atoms with Gasteiger partial charge in [-0.15, -0.1) is 0 Å². The molecule has 94 valence electrons. The summed E-state index contributed by atoms with van der Waals surface area (Å²) >= 11 is 0. The summed E-state index contributed by atoms with van der Waals surface area (Å²) in [6, 6.07) is 5.13. The smallest absolute Gasteiger partial charge is 0.387 e. The molecule has 0 amide bonds. The Morgan fingerprint density at radius 3 is 2.65 bits per heavy atom. The number of nitrogens with zero attached hydrogens (tertiary/aromatic N) is 1. The summed E-state index contributed by atoms with van der Waals surface area (Å²) in [6.45, 7) is 2.16. The average molecular weight is 244 g/mol. The molecule has 1 aromatic rings. The molecule has 0 spiro atoms. The Bertz CT molecular complexity index is 397. The molecule has 2 nitrogen and oxygen atoms in total. The van der Waals surface area contributed by atoms with Crippen LogP contribution in [0.3, 0.4) is 0 Å². The van der Waals surface area contributed by atoms with Gasteiger partial charge in [0.05, 0.1) is 17.9 Å². The summed E-state index contributed by atoms with van der Waals surface area (Å²) < 4.78 is 37.3. The second kappa shape index (κ2) is 5.70. The van der Waals surface area contributed by atoms with Crippen molar-refractivity contribution in [3.8, 4) is 0 Å². The first-order valence-corrected chi connectivity index (χ1v) is 5.38. The van der Waals surface area contributed by atoms with Gasteiger partial charge in [0.1, 0.15) is 0 Å². The Kier molecular flexibility index (Phi) is 4.54. The van der Waals surface area contributed by atoms with Crippen LogP contribution in [0.15, 0.2) is 29.3 Å². The molecule has 0 aromatic heterocycles. The van der Waals surface area contributed by atoms with Crippen LogP contribution in [0.25, 0.3) is 0 Å². The fraction of sp³-hybridized carbons (Fsp3) is 0.417. The van der Waals surface area contributed by atoms with E-state index < -0.39 is 11.7 Å². The molecule has 0 saturated carbocycles. The lowest BCUT2D eigenvalue weighted by Crippen LogP contribution is -2.11. The summed E-state index contributed by atoms with van der Waals surface area (Å²) in [5.74, 6) is 0.477. The molecular weight excluding hydrogens is 229 g/mol. The molecule has 1 aromatic carbocycles. The molecule has 17 heavy (non-hydrogen) atoms. The number of rotatable bonds is 4. The molecule has 0 aliphatic heterocycles. The lowest BCUT2D eigenvalue weighted by atomic mass is 10.1. The van der Waals surface area contributed by atoms with E-state index in [9.17, 15) is 13.2 Å². The molecular formula is C12H15F3N2. The second-order valence-electron chi connectivity index (χ2n) is 3.76. The standard InChI is InChI=1S/C12H15F3N2/c1-2-4-11(16)17-8-9-5-3-6-10(7-9)12(13,14)15/h3,5-7H,2,4,8H2,1H3,(H2,16,17). The maximum atomic E-state index is 12.4. The molecule has 0 heterocycles. The monoisotopic (exact) mass is 244 g/mol. The predicted molar refractivity (Wildman–Crippen MR) is 61.7 cm³/mol. The topological polar surface area (TPSA) is 38.4 Å². The Hall–Kier alpha value is -1.52. The van der Waals surface area contributed by atoms with Crippen molar-refractivity contribution in [1.29, 1.82) is 0 Å². The summed E-state index contributed by atoms with van der Waals surface area (Å²) in [4.78, 5) is 4.03. The normalized spacial score (nSPS) is 12.8. The summed E-state index contributed by atoms with van der Waals surface area (Å²) in [5, 5.41) is 0. The number of benzene rings is 1. The first-order valence-electron chi connectivity index (χ1n) is 5.38. The minimum Gasteiger partial charge on any atom is -0.387 e. The van der Waals surface area contributed by atoms with E-state index in [1.54, 1.807) is 6.07 Å². The third-order valence-corrected chi connectivity index (χ3v) is 2.23. The van der Waals surface area contributed by atoms with Crippen molar-refractivity contribution in [3.05, 3.63) is 35.4 Å². The van der Waals surface area contributed by atoms with Gasteiger partial charge in [0.2, 0.25) is 0 Å². The molecule has 0 bridgehead atoms. The van der Waals surface area contributed by atoms with Gasteiger partial charge in [-0.1, -0.05) is 19.1 Å². The fourth-order valence-corrected chi connectivity index (χ4v) is 1.37. The van der Waals surface area contributed by atoms with Crippen molar-refractivity contribution in [2.75, 3.05) is 0 Å². The zero-order valence-electron chi connectivity index (χ0n) is 9.59. The first kappa shape index (κ1) is 13.5. The van der Waals surface area contributed by atoms with E-state index in [4.69, 9.17) is 5.73 Å². The van der Waals surface area contributed by atoms with Crippen LogP contribution in [0.4, 0.5) is 13.2 Å². The molecule has 0 atom stereocenters. The summed E-state index contributed by atoms with van der Waals surface area (Å²) in [5.41, 5.74) is 5.44. The van der Waals surface area contributed by atoms with Crippen molar-refractivity contribution in [3.63, 3.8) is 0 Å². The Balaban J connectivity index is 2.76. The quantitative estimate of drug-likeness (QED) is 0.640. The molecule has 2 N–H and O–H groups in total. The maximum Gasteiger partial charge on any atom is 0.416 e. The molecule has 0 saturated heterocycles. The number of nitrogens with two attached hydrogens (primary N) is 1. The van der Waals surface area contributed by atoms with Crippen LogP contribution in [-0.4, -0.2) is 5.84 Å². The number of amidine groups is 1. The maximum absolute atomic E-state index is 12.4. The average Bonchev–Trinajstić information content (AvgIpc) is 2.26. The Morgan fingerprint density at radius 1 is 1.35 bits per heavy atom. The fourth-order valence-electron chi connectivity index (χ4n) is 1.37. The highest BCUT2D eigenvalue weighted by atomic mass is 19.4. The van der Waals surface area contributed by atoms with Gasteiger partial charge in [0.25, 0.3) is 0 Å². The Morgan fingerprint density at radius 2 is 2.06 bits per heavy atom. The zero-order valence-corrected chi connectivity index (χ0v) is 9.59. The van der Waals surface area contributed by atoms with Crippen LogP contribution in [0.2, 0.25) is 0 Å². The van der Waals surface area contributed by atoms with E-state index in [1.807, 2.05) is 6.92 Å². The molecule has 0 radical (unpaired) electrons. The number of hydrogen-bond donors (Lipinski definition) is 1. The minimum absolute atomic E-state index is 0.190. The number of halogens is 3. The van der Waals surface area contributed by atoms with E-state index >= 15 is 0 Å². The zero-order chi connectivity index (χ0) is 12.9. The van der Waals surface area contributed by atoms with Crippen molar-refractivity contribution in [2.24, 2.45) is 10.7 Å². The molecule has 0 unspecified atom stereocenters. The molecule has 0 aliphatic carbocycles. The summed E-state index contributed by atoms with van der Waals surface area (Å²) in [6.07, 6.45) is -2.77. The van der Waals surface area contributed by atoms with Crippen molar-refractivity contribution in [1.82, 2.24) is 0 Å². The van der Waals surface area contributed by atoms with Crippen LogP contribution in [0, 0.1) is 0 Å². The van der Waals surface area contributed by atoms with Crippen molar-refractivity contribution >= 4 is 5.84 Å². The van der Waals surface area contributed by atoms with E-state index in [0.29, 0.717) is 17.8 Å². The summed E-state index contributed by atoms with van der Waals surface area (Å²) in [7, 11) is 0. The lowest BCUT2D eigenvalue weighted by Gasteiger charge is -2.07. The van der Waals surface area contributed by atoms with E-state index in [-0.39, 0.29) is 6.54 Å². The SMILES string of the molecule is CCCC(N)=NCc1cccc(C(F)(F)F)c1. The van der Waals surface area contributed by atoms with E-state index in [0.717, 1.165) is 18.6 Å². The van der Waals surface area contributed by atoms with E-state index in [2.05, 4.69) is 4.99 Å². The van der Waals surface area contributed by atoms with Crippen LogP contribution in [-0.2, 0) is 12.7 Å². The van der Waals surface area contributed by atoms with Crippen LogP contribution >= 0.6 is 0 Å². The molecule has 1 rings (SSSR count). The molecule has 0 aliphatic rings. The van der Waals surface area contributed by atoms with Gasteiger partial charge in [0, 0.05) is 6.42 Å². The van der Waals surface area contributed by atoms with Gasteiger partial charge in [-0.3, -0.25) is 4.99 Å². The van der Waals surface area contributed by atoms with Crippen molar-refractivity contribution < 1.29 is 13.2 Å². The second-order valence-corrected chi connectivity index (χ2v) is 3.76. The first-order chi connectivity index (χ1) is 7.93. The van der Waals surface area contributed by atoms with Gasteiger partial charge >= 0.3 is 6.18 Å². The van der Waals surface area contributed by atoms with Gasteiger partial charge in [-0.2, -0.15) is 13.2 Å². The van der Waals surface area contributed by atoms with Gasteiger partial charge in [0.15, 0.2) is 0 Å². The van der Waals surface area contributed by atoms with Crippen molar-refractivity contribution in [2.45, 2.75) is 32.5 Å². The van der Waals surface area contributed by atoms with Crippen LogP contribution in [0.5, 0.6) is 0 Å². The number of alkyl halides is 3. The third kappa shape index (κ3) is 4.46. The highest BCUT2D eigenvalue weighted by Gasteiger charge is 2.30. The van der Waals surface area contributed by atoms with Gasteiger partial charge < -0.3 is 5.73 Å².